The molecular formula is C25H41BN2O6. The van der Waals surface area contributed by atoms with Gasteiger partial charge in [-0.2, -0.15) is 0 Å². The van der Waals surface area contributed by atoms with Gasteiger partial charge in [0.25, 0.3) is 0 Å². The summed E-state index contributed by atoms with van der Waals surface area (Å²) in [5, 5.41) is 2.69. The minimum atomic E-state index is -0.925. The van der Waals surface area contributed by atoms with Crippen LogP contribution in [-0.2, 0) is 30.2 Å². The minimum absolute atomic E-state index is 0.100. The topological polar surface area (TPSA) is 109 Å². The SMILES string of the molecule is CC(C)(C)OC(=O)[C@@H](NC(=O)OCc1ccccc1)[C@H](CN)CCCB1OC(C)(C)C(C)(C)O1. The first-order valence-corrected chi connectivity index (χ1v) is 12.0. The molecule has 9 heteroatoms. The first-order valence-electron chi connectivity index (χ1n) is 12.0. The van der Waals surface area contributed by atoms with Crippen molar-refractivity contribution in [3.63, 3.8) is 0 Å². The maximum Gasteiger partial charge on any atom is 0.457 e. The summed E-state index contributed by atoms with van der Waals surface area (Å²) in [7, 11) is -0.327. The van der Waals surface area contributed by atoms with Gasteiger partial charge in [-0.3, -0.25) is 0 Å². The van der Waals surface area contributed by atoms with E-state index in [2.05, 4.69) is 5.32 Å². The second kappa shape index (κ2) is 11.6. The molecule has 1 saturated heterocycles. The van der Waals surface area contributed by atoms with E-state index in [1.54, 1.807) is 20.8 Å². The highest BCUT2D eigenvalue weighted by Gasteiger charge is 2.50. The summed E-state index contributed by atoms with van der Waals surface area (Å²) < 4.78 is 23.0. The average molecular weight is 476 g/mol. The van der Waals surface area contributed by atoms with Crippen LogP contribution in [0.2, 0.25) is 6.32 Å². The van der Waals surface area contributed by atoms with Gasteiger partial charge in [-0.1, -0.05) is 36.8 Å². The lowest BCUT2D eigenvalue weighted by atomic mass is 9.80. The van der Waals surface area contributed by atoms with Gasteiger partial charge in [0.05, 0.1) is 11.2 Å². The van der Waals surface area contributed by atoms with Crippen LogP contribution in [0.25, 0.3) is 0 Å². The zero-order valence-corrected chi connectivity index (χ0v) is 21.7. The molecule has 1 aliphatic heterocycles. The predicted molar refractivity (Wildman–Crippen MR) is 132 cm³/mol. The standard InChI is InChI=1S/C25H41BN2O6/c1-23(2,3)32-21(29)20(28-22(30)31-17-18-12-9-8-10-13-18)19(16-27)14-11-15-26-33-24(4,5)25(6,7)34-26/h8-10,12-13,19-20H,11,14-17,27H2,1-7H3,(H,28,30)/t19-,20-/m0/s1. The van der Waals surface area contributed by atoms with Crippen LogP contribution in [0, 0.1) is 5.92 Å². The van der Waals surface area contributed by atoms with Crippen LogP contribution in [0.1, 0.15) is 66.9 Å². The molecule has 2 atom stereocenters. The lowest BCUT2D eigenvalue weighted by Crippen LogP contribution is -2.50. The molecule has 1 amide bonds. The molecule has 190 valence electrons. The Balaban J connectivity index is 1.99. The molecule has 0 spiro atoms. The Morgan fingerprint density at radius 2 is 1.68 bits per heavy atom. The smallest absolute Gasteiger partial charge is 0.457 e. The number of hydrogen-bond acceptors (Lipinski definition) is 7. The molecular weight excluding hydrogens is 435 g/mol. The summed E-state index contributed by atoms with van der Waals surface area (Å²) in [5.74, 6) is -0.864. The maximum atomic E-state index is 13.0. The van der Waals surface area contributed by atoms with E-state index >= 15 is 0 Å². The summed E-state index contributed by atoms with van der Waals surface area (Å²) >= 11 is 0. The zero-order chi connectivity index (χ0) is 25.6. The summed E-state index contributed by atoms with van der Waals surface area (Å²) in [4.78, 5) is 25.5. The van der Waals surface area contributed by atoms with Crippen molar-refractivity contribution in [2.24, 2.45) is 11.7 Å². The van der Waals surface area contributed by atoms with Crippen molar-refractivity contribution in [3.8, 4) is 0 Å². The van der Waals surface area contributed by atoms with Crippen molar-refractivity contribution in [2.75, 3.05) is 6.54 Å². The summed E-state index contributed by atoms with van der Waals surface area (Å²) in [5.41, 5.74) is 5.39. The second-order valence-electron chi connectivity index (χ2n) is 10.8. The van der Waals surface area contributed by atoms with E-state index in [1.165, 1.54) is 0 Å². The van der Waals surface area contributed by atoms with Gasteiger partial charge in [0, 0.05) is 5.92 Å². The maximum absolute atomic E-state index is 13.0. The van der Waals surface area contributed by atoms with Crippen molar-refractivity contribution in [3.05, 3.63) is 35.9 Å². The van der Waals surface area contributed by atoms with Crippen LogP contribution in [0.3, 0.4) is 0 Å². The van der Waals surface area contributed by atoms with Crippen LogP contribution in [0.15, 0.2) is 30.3 Å². The highest BCUT2D eigenvalue weighted by molar-refractivity contribution is 6.45. The lowest BCUT2D eigenvalue weighted by Gasteiger charge is -2.32. The summed E-state index contributed by atoms with van der Waals surface area (Å²) in [6.07, 6.45) is 1.26. The van der Waals surface area contributed by atoms with Crippen LogP contribution in [0.4, 0.5) is 4.79 Å². The molecule has 34 heavy (non-hydrogen) atoms. The van der Waals surface area contributed by atoms with Gasteiger partial charge in [-0.05, 0) is 73.3 Å². The molecule has 8 nitrogen and oxygen atoms in total. The van der Waals surface area contributed by atoms with E-state index in [0.717, 1.165) is 5.56 Å². The number of benzene rings is 1. The minimum Gasteiger partial charge on any atom is -0.458 e. The zero-order valence-electron chi connectivity index (χ0n) is 21.7. The number of esters is 1. The summed E-state index contributed by atoms with van der Waals surface area (Å²) in [6.45, 7) is 13.7. The van der Waals surface area contributed by atoms with E-state index in [-0.39, 0.29) is 26.2 Å². The number of nitrogens with one attached hydrogen (secondary N) is 1. The molecule has 1 fully saturated rings. The molecule has 1 aromatic carbocycles. The fourth-order valence-corrected chi connectivity index (χ4v) is 3.68. The predicted octanol–water partition coefficient (Wildman–Crippen LogP) is 4.07. The van der Waals surface area contributed by atoms with E-state index in [9.17, 15) is 9.59 Å². The third-order valence-corrected chi connectivity index (χ3v) is 6.24. The van der Waals surface area contributed by atoms with Crippen LogP contribution in [0.5, 0.6) is 0 Å². The molecule has 0 bridgehead atoms. The number of alkyl carbamates (subject to hydrolysis) is 1. The summed E-state index contributed by atoms with van der Waals surface area (Å²) in [6, 6.07) is 8.41. The van der Waals surface area contributed by atoms with Gasteiger partial charge >= 0.3 is 19.2 Å². The van der Waals surface area contributed by atoms with Gasteiger partial charge in [-0.25, -0.2) is 9.59 Å². The van der Waals surface area contributed by atoms with Gasteiger partial charge in [0.1, 0.15) is 18.2 Å². The fraction of sp³-hybridized carbons (Fsp3) is 0.680. The number of nitrogens with two attached hydrogens (primary N) is 1. The van der Waals surface area contributed by atoms with E-state index in [4.69, 9.17) is 24.5 Å². The third kappa shape index (κ3) is 8.29. The highest BCUT2D eigenvalue weighted by Crippen LogP contribution is 2.38. The fourth-order valence-electron chi connectivity index (χ4n) is 3.68. The van der Waals surface area contributed by atoms with Gasteiger partial charge in [0.15, 0.2) is 0 Å². The van der Waals surface area contributed by atoms with Gasteiger partial charge in [-0.15, -0.1) is 0 Å². The molecule has 0 aromatic heterocycles. The molecule has 0 aliphatic carbocycles. The third-order valence-electron chi connectivity index (χ3n) is 6.24. The highest BCUT2D eigenvalue weighted by atomic mass is 16.7. The number of carbonyl (C=O) groups is 2. The Kier molecular flexibility index (Phi) is 9.57. The van der Waals surface area contributed by atoms with Crippen molar-refractivity contribution in [1.29, 1.82) is 0 Å². The van der Waals surface area contributed by atoms with Crippen molar-refractivity contribution >= 4 is 19.2 Å². The molecule has 3 N–H and O–H groups in total. The normalized spacial score (nSPS) is 18.8. The number of ether oxygens (including phenoxy) is 2. The molecule has 1 aromatic rings. The Morgan fingerprint density at radius 3 is 2.21 bits per heavy atom. The Labute approximate surface area is 204 Å². The number of amides is 1. The van der Waals surface area contributed by atoms with Crippen molar-refractivity contribution < 1.29 is 28.4 Å². The molecule has 1 heterocycles. The number of rotatable bonds is 10. The number of hydrogen-bond donors (Lipinski definition) is 2. The van der Waals surface area contributed by atoms with Crippen LogP contribution in [-0.4, -0.2) is 48.6 Å². The van der Waals surface area contributed by atoms with Crippen molar-refractivity contribution in [1.82, 2.24) is 5.32 Å². The lowest BCUT2D eigenvalue weighted by molar-refractivity contribution is -0.159. The molecule has 1 aliphatic rings. The van der Waals surface area contributed by atoms with E-state index < -0.39 is 34.9 Å². The van der Waals surface area contributed by atoms with Crippen molar-refractivity contribution in [2.45, 2.75) is 97.1 Å². The average Bonchev–Trinajstić information content (AvgIpc) is 2.94. The first kappa shape index (κ1) is 28.1. The largest absolute Gasteiger partial charge is 0.458 e. The van der Waals surface area contributed by atoms with Gasteiger partial charge in [0.2, 0.25) is 0 Å². The van der Waals surface area contributed by atoms with E-state index in [1.807, 2.05) is 58.0 Å². The van der Waals surface area contributed by atoms with Crippen LogP contribution >= 0.6 is 0 Å². The second-order valence-corrected chi connectivity index (χ2v) is 10.8. The van der Waals surface area contributed by atoms with Crippen LogP contribution < -0.4 is 11.1 Å². The Hall–Kier alpha value is -2.10. The molecule has 0 saturated carbocycles. The quantitative estimate of drug-likeness (QED) is 0.387. The monoisotopic (exact) mass is 476 g/mol. The molecule has 0 unspecified atom stereocenters. The van der Waals surface area contributed by atoms with Gasteiger partial charge < -0.3 is 29.8 Å². The first-order chi connectivity index (χ1) is 15.7. The molecule has 0 radical (unpaired) electrons. The Morgan fingerprint density at radius 1 is 1.09 bits per heavy atom. The Bertz CT molecular complexity index is 793. The number of carbonyl (C=O) groups excluding carboxylic acids is 2. The molecule has 2 rings (SSSR count). The van der Waals surface area contributed by atoms with E-state index in [0.29, 0.717) is 19.2 Å².